The van der Waals surface area contributed by atoms with E-state index in [9.17, 15) is 53.1 Å². The summed E-state index contributed by atoms with van der Waals surface area (Å²) in [7, 11) is 4.99. The fourth-order valence-corrected chi connectivity index (χ4v) is 10.1. The van der Waals surface area contributed by atoms with Crippen molar-refractivity contribution in [2.45, 2.75) is 94.2 Å². The zero-order chi connectivity index (χ0) is 49.5. The number of carboxylic acids is 1. The van der Waals surface area contributed by atoms with E-state index in [0.29, 0.717) is 24.9 Å². The Kier molecular flexibility index (Phi) is 24.3. The van der Waals surface area contributed by atoms with Crippen LogP contribution in [-0.4, -0.2) is 174 Å². The van der Waals surface area contributed by atoms with Gasteiger partial charge in [0.25, 0.3) is 0 Å². The number of carbonyl (C=O) groups excluding carboxylic acids is 9. The number of amides is 8. The molecule has 1 aromatic rings. The van der Waals surface area contributed by atoms with Gasteiger partial charge in [-0.2, -0.15) is 0 Å². The smallest absolute Gasteiger partial charge is 0.305 e. The second-order valence-corrected chi connectivity index (χ2v) is 19.3. The summed E-state index contributed by atoms with van der Waals surface area (Å²) in [5.74, 6) is -9.35. The second-order valence-electron chi connectivity index (χ2n) is 15.7. The predicted molar refractivity (Wildman–Crippen MR) is 254 cm³/mol. The summed E-state index contributed by atoms with van der Waals surface area (Å²) >= 11 is 1.02. The Morgan fingerprint density at radius 1 is 0.761 bits per heavy atom. The first-order valence-electron chi connectivity index (χ1n) is 21.5. The van der Waals surface area contributed by atoms with Gasteiger partial charge in [-0.1, -0.05) is 51.9 Å². The molecule has 2 aliphatic rings. The van der Waals surface area contributed by atoms with Gasteiger partial charge >= 0.3 is 5.97 Å². The number of fused-ring (bicyclic) bond motifs is 5. The van der Waals surface area contributed by atoms with Gasteiger partial charge in [-0.15, -0.1) is 11.8 Å². The number of carboxylic acid groups (broad SMARTS) is 1. The molecule has 0 aliphatic carbocycles. The number of nitrogens with two attached hydrogens (primary N) is 2. The van der Waals surface area contributed by atoms with E-state index in [1.165, 1.54) is 14.0 Å². The van der Waals surface area contributed by atoms with Gasteiger partial charge in [0.05, 0.1) is 24.8 Å². The highest BCUT2D eigenvalue weighted by molar-refractivity contribution is 8.76. The Hall–Kier alpha value is -5.60. The van der Waals surface area contributed by atoms with Crippen LogP contribution >= 0.6 is 33.3 Å². The van der Waals surface area contributed by atoms with E-state index in [2.05, 4.69) is 47.5 Å². The summed E-state index contributed by atoms with van der Waals surface area (Å²) in [6, 6.07) is -0.761. The number of carbonyl (C=O) groups is 10. The summed E-state index contributed by atoms with van der Waals surface area (Å²) in [6.45, 7) is 1.17. The molecule has 26 heteroatoms. The van der Waals surface area contributed by atoms with Crippen molar-refractivity contribution in [2.24, 2.45) is 16.5 Å². The highest BCUT2D eigenvalue weighted by atomic mass is 33.1. The lowest BCUT2D eigenvalue weighted by Gasteiger charge is -2.32. The topological polar surface area (TPSA) is 355 Å². The van der Waals surface area contributed by atoms with Crippen molar-refractivity contribution < 1.29 is 53.1 Å². The first kappa shape index (κ1) is 55.7. The van der Waals surface area contributed by atoms with Crippen LogP contribution in [0.3, 0.4) is 0 Å². The quantitative estimate of drug-likeness (QED) is 0.0377. The third kappa shape index (κ3) is 20.0. The molecule has 0 radical (unpaired) electrons. The summed E-state index contributed by atoms with van der Waals surface area (Å²) in [5, 5.41) is 31.0. The van der Waals surface area contributed by atoms with E-state index in [1.54, 1.807) is 37.4 Å². The molecule has 67 heavy (non-hydrogen) atoms. The number of Topliss-reactive ketones (excluding diaryl/α,β-unsaturated/α-hetero) is 1. The highest BCUT2D eigenvalue weighted by Crippen LogP contribution is 2.25. The molecule has 13 N–H and O–H groups in total. The van der Waals surface area contributed by atoms with Crippen LogP contribution in [0, 0.1) is 0 Å². The molecule has 3 rings (SSSR count). The molecule has 1 aromatic carbocycles. The zero-order valence-corrected chi connectivity index (χ0v) is 40.1. The number of benzene rings is 1. The Morgan fingerprint density at radius 2 is 1.40 bits per heavy atom. The van der Waals surface area contributed by atoms with Crippen LogP contribution < -0.4 is 54.0 Å². The molecule has 8 amide bonds. The SMILES string of the molecule is CNCCCC[C@@H]1NC(=O)CSC[C@@H](C(C)=O)NC(=O)[C@H](Cc2ccccc2)NC(=O)[C@@H]2CSSC[C@H](NC1=O)C(=O)N[C@@H](CCCN=C(N)N)C(=O)NCC(=O)N[C@@H](CC(=O)O)C(=O)N2C. The number of hydrogen-bond acceptors (Lipinski definition) is 15. The fourth-order valence-electron chi connectivity index (χ4n) is 6.69. The van der Waals surface area contributed by atoms with Gasteiger partial charge in [-0.3, -0.25) is 52.9 Å². The number of nitrogens with zero attached hydrogens (tertiary/aromatic N) is 2. The van der Waals surface area contributed by atoms with Crippen molar-refractivity contribution in [2.75, 3.05) is 56.7 Å². The van der Waals surface area contributed by atoms with Crippen molar-refractivity contribution in [3.8, 4) is 0 Å². The van der Waals surface area contributed by atoms with Crippen LogP contribution in [-0.2, 0) is 54.4 Å². The van der Waals surface area contributed by atoms with Crippen molar-refractivity contribution in [3.63, 3.8) is 0 Å². The molecule has 2 heterocycles. The number of thioether (sulfide) groups is 1. The zero-order valence-electron chi connectivity index (χ0n) is 37.6. The van der Waals surface area contributed by atoms with E-state index >= 15 is 0 Å². The van der Waals surface area contributed by atoms with E-state index in [1.807, 2.05) is 0 Å². The number of likely N-dealkylation sites (N-methyl/N-ethyl adjacent to an activating group) is 1. The maximum atomic E-state index is 14.4. The van der Waals surface area contributed by atoms with Crippen molar-refractivity contribution in [3.05, 3.63) is 35.9 Å². The van der Waals surface area contributed by atoms with E-state index < -0.39 is 114 Å². The average molecular weight is 995 g/mol. The maximum absolute atomic E-state index is 14.4. The molecule has 7 atom stereocenters. The first-order valence-corrected chi connectivity index (χ1v) is 25.2. The first-order chi connectivity index (χ1) is 31.9. The summed E-state index contributed by atoms with van der Waals surface area (Å²) in [4.78, 5) is 141. The largest absolute Gasteiger partial charge is 0.481 e. The predicted octanol–water partition coefficient (Wildman–Crippen LogP) is -3.27. The molecule has 0 spiro atoms. The Labute approximate surface area is 400 Å². The van der Waals surface area contributed by atoms with Gasteiger partial charge < -0.3 is 64.0 Å². The number of rotatable bonds is 14. The molecule has 0 saturated carbocycles. The fraction of sp³-hybridized carbons (Fsp3) is 0.585. The third-order valence-electron chi connectivity index (χ3n) is 10.4. The highest BCUT2D eigenvalue weighted by Gasteiger charge is 2.37. The lowest BCUT2D eigenvalue weighted by atomic mass is 10.0. The molecule has 0 unspecified atom stereocenters. The van der Waals surface area contributed by atoms with Gasteiger partial charge in [0.1, 0.15) is 36.3 Å². The molecule has 2 aliphatic heterocycles. The summed E-state index contributed by atoms with van der Waals surface area (Å²) in [6.07, 6.45) is 0.465. The number of nitrogens with one attached hydrogen (secondary N) is 8. The van der Waals surface area contributed by atoms with E-state index in [4.69, 9.17) is 11.5 Å². The number of aliphatic imine (C=N–C) groups is 1. The second kappa shape index (κ2) is 29.2. The number of guanidine groups is 1. The van der Waals surface area contributed by atoms with Gasteiger partial charge in [0, 0.05) is 37.3 Å². The van der Waals surface area contributed by atoms with Gasteiger partial charge in [0.2, 0.25) is 47.3 Å². The minimum atomic E-state index is -1.73. The lowest BCUT2D eigenvalue weighted by molar-refractivity contribution is -0.146. The van der Waals surface area contributed by atoms with Crippen molar-refractivity contribution in [1.29, 1.82) is 0 Å². The normalized spacial score (nSPS) is 24.8. The van der Waals surface area contributed by atoms with Crippen LogP contribution in [0.2, 0.25) is 0 Å². The van der Waals surface area contributed by atoms with Gasteiger partial charge in [-0.25, -0.2) is 0 Å². The van der Waals surface area contributed by atoms with Crippen LogP contribution in [0.15, 0.2) is 35.3 Å². The number of unbranched alkanes of at least 4 members (excludes halogenated alkanes) is 1. The molecular formula is C41H62N12O11S3. The molecule has 2 bridgehead atoms. The minimum Gasteiger partial charge on any atom is -0.481 e. The molecule has 0 aromatic heterocycles. The van der Waals surface area contributed by atoms with Crippen LogP contribution in [0.1, 0.15) is 51.0 Å². The van der Waals surface area contributed by atoms with Crippen molar-refractivity contribution >= 4 is 98.3 Å². The molecule has 370 valence electrons. The van der Waals surface area contributed by atoms with Gasteiger partial charge in [-0.05, 0) is 58.2 Å². The molecule has 23 nitrogen and oxygen atoms in total. The van der Waals surface area contributed by atoms with E-state index in [0.717, 1.165) is 38.2 Å². The maximum Gasteiger partial charge on any atom is 0.305 e. The third-order valence-corrected chi connectivity index (χ3v) is 13.8. The average Bonchev–Trinajstić information content (AvgIpc) is 3.27. The number of hydrogen-bond donors (Lipinski definition) is 11. The Balaban J connectivity index is 2.17. The van der Waals surface area contributed by atoms with Gasteiger partial charge in [0.15, 0.2) is 11.7 Å². The minimum absolute atomic E-state index is 0.0458. The van der Waals surface area contributed by atoms with Crippen molar-refractivity contribution in [1.82, 2.24) is 47.4 Å². The van der Waals surface area contributed by atoms with Crippen LogP contribution in [0.5, 0.6) is 0 Å². The standard InChI is InChI=1S/C41H62N12O11S3/c1-23(54)29-19-65-22-33(56)47-26(12-7-8-14-44-2)36(60)52-30-20-66-67-21-31(39(63)50-27(37(61)51-29)16-24-10-5-4-6-11-24)53(3)40(64)28(17-34(57)58)48-32(55)18-46-35(59)25(49-38(30)62)13-9-15-45-41(42)43/h4-6,10-11,25-31,44H,7-9,12-22H2,1-3H3,(H,46,59)(H,47,56)(H,48,55)(H,49,62)(H,50,63)(H,51,61)(H,52,60)(H,57,58)(H4,42,43,45)/t25-,26-,27-,28-,29-,30-,31-/m0/s1. The summed E-state index contributed by atoms with van der Waals surface area (Å²) < 4.78 is 0. The van der Waals surface area contributed by atoms with Crippen LogP contribution in [0.25, 0.3) is 0 Å². The Morgan fingerprint density at radius 3 is 2.07 bits per heavy atom. The lowest BCUT2D eigenvalue weighted by Crippen LogP contribution is -2.59. The Bertz CT molecular complexity index is 1950. The van der Waals surface area contributed by atoms with Crippen LogP contribution in [0.4, 0.5) is 0 Å². The summed E-state index contributed by atoms with van der Waals surface area (Å²) in [5.41, 5.74) is 11.5. The molecular weight excluding hydrogens is 933 g/mol. The van der Waals surface area contributed by atoms with E-state index in [-0.39, 0.29) is 61.2 Å². The molecule has 2 saturated heterocycles. The monoisotopic (exact) mass is 994 g/mol. The number of aliphatic carboxylic acids is 1. The molecule has 2 fully saturated rings. The number of ketones is 1.